The maximum Gasteiger partial charge on any atom is 0.414 e. The van der Waals surface area contributed by atoms with Gasteiger partial charge in [-0.15, -0.1) is 10.2 Å². The summed E-state index contributed by atoms with van der Waals surface area (Å²) in [5.41, 5.74) is -0.251. The van der Waals surface area contributed by atoms with Crippen LogP contribution >= 0.6 is 0 Å². The average Bonchev–Trinajstić information content (AvgIpc) is 3.38. The van der Waals surface area contributed by atoms with E-state index in [2.05, 4.69) is 25.7 Å². The van der Waals surface area contributed by atoms with Crippen molar-refractivity contribution < 1.29 is 27.8 Å². The van der Waals surface area contributed by atoms with Crippen LogP contribution in [0.4, 0.5) is 24.1 Å². The second-order valence-corrected chi connectivity index (χ2v) is 8.79. The van der Waals surface area contributed by atoms with E-state index in [0.717, 1.165) is 4.90 Å². The van der Waals surface area contributed by atoms with Gasteiger partial charge in [0.25, 0.3) is 0 Å². The number of carbonyl (C=O) groups is 2. The Morgan fingerprint density at radius 1 is 1.23 bits per heavy atom. The Labute approximate surface area is 199 Å². The summed E-state index contributed by atoms with van der Waals surface area (Å²) in [6, 6.07) is 5.76. The van der Waals surface area contributed by atoms with Crippen LogP contribution in [0.1, 0.15) is 20.8 Å². The minimum Gasteiger partial charge on any atom is -0.444 e. The number of pyridine rings is 1. The molecule has 0 saturated carbocycles. The summed E-state index contributed by atoms with van der Waals surface area (Å²) < 4.78 is 40.3. The molecule has 3 aromatic rings. The van der Waals surface area contributed by atoms with Gasteiger partial charge < -0.3 is 14.8 Å². The summed E-state index contributed by atoms with van der Waals surface area (Å²) in [6.07, 6.45) is -0.924. The van der Waals surface area contributed by atoms with Crippen molar-refractivity contribution in [1.82, 2.24) is 30.5 Å². The molecule has 1 aromatic carbocycles. The lowest BCUT2D eigenvalue weighted by atomic mass is 10.1. The van der Waals surface area contributed by atoms with Crippen LogP contribution in [-0.4, -0.2) is 62.2 Å². The summed E-state index contributed by atoms with van der Waals surface area (Å²) in [6.45, 7) is 5.02. The fourth-order valence-electron chi connectivity index (χ4n) is 3.38. The fourth-order valence-corrected chi connectivity index (χ4v) is 3.38. The van der Waals surface area contributed by atoms with Crippen LogP contribution in [0.3, 0.4) is 0 Å². The van der Waals surface area contributed by atoms with Crippen molar-refractivity contribution in [3.8, 4) is 22.6 Å². The molecule has 4 rings (SSSR count). The number of nitrogens with zero attached hydrogens (tertiary/aromatic N) is 6. The van der Waals surface area contributed by atoms with Crippen molar-refractivity contribution in [2.45, 2.75) is 32.5 Å². The Morgan fingerprint density at radius 3 is 2.63 bits per heavy atom. The van der Waals surface area contributed by atoms with Crippen molar-refractivity contribution in [1.29, 1.82) is 0 Å². The summed E-state index contributed by atoms with van der Waals surface area (Å²) in [7, 11) is 1.61. The molecule has 1 aliphatic heterocycles. The molecule has 2 aromatic heterocycles. The molecule has 0 aliphatic carbocycles. The van der Waals surface area contributed by atoms with Crippen molar-refractivity contribution in [3.05, 3.63) is 42.1 Å². The van der Waals surface area contributed by atoms with E-state index in [0.29, 0.717) is 17.1 Å². The minimum atomic E-state index is -1.21. The SMILES string of the molecule is Cn1nnc(-c2ccc(-c3ccc(N4C[C@H](CNC(=O)OC(C)(C)C)OC4=O)c(F)c3F)cn2)n1. The minimum absolute atomic E-state index is 0.0342. The highest BCUT2D eigenvalue weighted by molar-refractivity contribution is 5.90. The Balaban J connectivity index is 1.47. The van der Waals surface area contributed by atoms with Gasteiger partial charge in [-0.1, -0.05) is 6.07 Å². The molecule has 11 nitrogen and oxygen atoms in total. The fraction of sp³-hybridized carbons (Fsp3) is 0.364. The zero-order valence-corrected chi connectivity index (χ0v) is 19.5. The molecule has 0 radical (unpaired) electrons. The highest BCUT2D eigenvalue weighted by Gasteiger charge is 2.35. The number of nitrogens with one attached hydrogen (secondary N) is 1. The van der Waals surface area contributed by atoms with Crippen LogP contribution in [0, 0.1) is 11.6 Å². The summed E-state index contributed by atoms with van der Waals surface area (Å²) >= 11 is 0. The molecule has 35 heavy (non-hydrogen) atoms. The first-order chi connectivity index (χ1) is 16.5. The first-order valence-corrected chi connectivity index (χ1v) is 10.7. The molecule has 2 amide bonds. The molecule has 1 atom stereocenters. The third-order valence-electron chi connectivity index (χ3n) is 4.91. The number of carbonyl (C=O) groups excluding carboxylic acids is 2. The van der Waals surface area contributed by atoms with Gasteiger partial charge >= 0.3 is 12.2 Å². The molecular weight excluding hydrogens is 464 g/mol. The van der Waals surface area contributed by atoms with Crippen LogP contribution in [0.25, 0.3) is 22.6 Å². The van der Waals surface area contributed by atoms with Crippen LogP contribution in [-0.2, 0) is 16.5 Å². The molecule has 0 unspecified atom stereocenters. The maximum absolute atomic E-state index is 15.0. The lowest BCUT2D eigenvalue weighted by Gasteiger charge is -2.20. The number of hydrogen-bond donors (Lipinski definition) is 1. The van der Waals surface area contributed by atoms with Gasteiger partial charge in [0.15, 0.2) is 11.6 Å². The number of rotatable bonds is 5. The van der Waals surface area contributed by atoms with E-state index >= 15 is 0 Å². The van der Waals surface area contributed by atoms with E-state index in [4.69, 9.17) is 9.47 Å². The molecule has 0 bridgehead atoms. The van der Waals surface area contributed by atoms with E-state index in [9.17, 15) is 18.4 Å². The predicted octanol–water partition coefficient (Wildman–Crippen LogP) is 3.07. The molecule has 1 fully saturated rings. The number of halogens is 2. The number of aryl methyl sites for hydroxylation is 1. The van der Waals surface area contributed by atoms with Crippen molar-refractivity contribution in [2.75, 3.05) is 18.0 Å². The van der Waals surface area contributed by atoms with Gasteiger partial charge in [-0.25, -0.2) is 18.4 Å². The number of hydrogen-bond acceptors (Lipinski definition) is 8. The Hall–Kier alpha value is -4.16. The van der Waals surface area contributed by atoms with Crippen LogP contribution < -0.4 is 10.2 Å². The quantitative estimate of drug-likeness (QED) is 0.582. The number of benzene rings is 1. The number of amides is 2. The Morgan fingerprint density at radius 2 is 2.00 bits per heavy atom. The second-order valence-electron chi connectivity index (χ2n) is 8.79. The molecule has 1 aliphatic rings. The molecule has 13 heteroatoms. The smallest absolute Gasteiger partial charge is 0.414 e. The standard InChI is InChI=1S/C22H23F2N7O4/c1-22(2,3)35-20(32)26-10-13-11-31(21(33)34-13)16-8-6-14(17(23)18(16)24)12-5-7-15(25-9-12)19-27-29-30(4)28-19/h5-9,13H,10-11H2,1-4H3,(H,26,32)/t13-/m0/s1. The van der Waals surface area contributed by atoms with Gasteiger partial charge in [-0.2, -0.15) is 4.80 Å². The Kier molecular flexibility index (Phi) is 6.33. The monoisotopic (exact) mass is 487 g/mol. The number of tetrazole rings is 1. The molecule has 184 valence electrons. The highest BCUT2D eigenvalue weighted by Crippen LogP contribution is 2.32. The second kappa shape index (κ2) is 9.24. The van der Waals surface area contributed by atoms with Crippen molar-refractivity contribution >= 4 is 17.9 Å². The van der Waals surface area contributed by atoms with Gasteiger partial charge in [0.2, 0.25) is 5.82 Å². The van der Waals surface area contributed by atoms with Crippen LogP contribution in [0.2, 0.25) is 0 Å². The topological polar surface area (TPSA) is 124 Å². The van der Waals surface area contributed by atoms with Crippen molar-refractivity contribution in [3.63, 3.8) is 0 Å². The zero-order valence-electron chi connectivity index (χ0n) is 19.5. The average molecular weight is 487 g/mol. The van der Waals surface area contributed by atoms with E-state index in [1.165, 1.54) is 23.1 Å². The summed E-state index contributed by atoms with van der Waals surface area (Å²) in [5, 5.41) is 14.1. The third-order valence-corrected chi connectivity index (χ3v) is 4.91. The lowest BCUT2D eigenvalue weighted by Crippen LogP contribution is -2.38. The zero-order chi connectivity index (χ0) is 25.3. The van der Waals surface area contributed by atoms with Gasteiger partial charge in [0.05, 0.1) is 25.8 Å². The maximum atomic E-state index is 15.0. The molecule has 0 spiro atoms. The number of ether oxygens (including phenoxy) is 2. The number of anilines is 1. The summed E-state index contributed by atoms with van der Waals surface area (Å²) in [4.78, 5) is 30.5. The normalized spacial score (nSPS) is 15.8. The van der Waals surface area contributed by atoms with Crippen LogP contribution in [0.15, 0.2) is 30.5 Å². The number of cyclic esters (lactones) is 1. The van der Waals surface area contributed by atoms with E-state index in [-0.39, 0.29) is 24.3 Å². The number of alkyl carbamates (subject to hydrolysis) is 1. The molecule has 1 N–H and O–H groups in total. The van der Waals surface area contributed by atoms with Gasteiger partial charge in [0, 0.05) is 17.3 Å². The molecular formula is C22H23F2N7O4. The van der Waals surface area contributed by atoms with Crippen molar-refractivity contribution in [2.24, 2.45) is 7.05 Å². The molecule has 1 saturated heterocycles. The molecule has 3 heterocycles. The summed E-state index contributed by atoms with van der Waals surface area (Å²) in [5.74, 6) is -2.05. The Bertz CT molecular complexity index is 1260. The largest absolute Gasteiger partial charge is 0.444 e. The lowest BCUT2D eigenvalue weighted by molar-refractivity contribution is 0.0496. The first-order valence-electron chi connectivity index (χ1n) is 10.7. The van der Waals surface area contributed by atoms with Crippen LogP contribution in [0.5, 0.6) is 0 Å². The van der Waals surface area contributed by atoms with Gasteiger partial charge in [-0.3, -0.25) is 9.88 Å². The van der Waals surface area contributed by atoms with Gasteiger partial charge in [0.1, 0.15) is 17.4 Å². The predicted molar refractivity (Wildman–Crippen MR) is 119 cm³/mol. The van der Waals surface area contributed by atoms with Gasteiger partial charge in [-0.05, 0) is 44.2 Å². The highest BCUT2D eigenvalue weighted by atomic mass is 19.2. The van der Waals surface area contributed by atoms with E-state index < -0.39 is 35.5 Å². The van der Waals surface area contributed by atoms with E-state index in [1.807, 2.05) is 0 Å². The number of aromatic nitrogens is 5. The first kappa shape index (κ1) is 24.0. The third kappa shape index (κ3) is 5.34. The van der Waals surface area contributed by atoms with E-state index in [1.54, 1.807) is 40.0 Å².